The van der Waals surface area contributed by atoms with Gasteiger partial charge in [0.15, 0.2) is 0 Å². The standard InChI is InChI=1S/C8H8BrN5O2S/c1-14-11-8(10-13-14)12-17(15,16)7-4-2-6(9)3-5-7/h2-5H,1H3,(H,11,12). The number of halogens is 1. The molecule has 0 unspecified atom stereocenters. The number of sulfonamides is 1. The van der Waals surface area contributed by atoms with E-state index in [0.717, 1.165) is 4.47 Å². The van der Waals surface area contributed by atoms with Gasteiger partial charge in [0.2, 0.25) is 0 Å². The van der Waals surface area contributed by atoms with Gasteiger partial charge in [-0.1, -0.05) is 21.0 Å². The van der Waals surface area contributed by atoms with Gasteiger partial charge >= 0.3 is 0 Å². The van der Waals surface area contributed by atoms with Gasteiger partial charge < -0.3 is 0 Å². The highest BCUT2D eigenvalue weighted by Crippen LogP contribution is 2.16. The fourth-order valence-corrected chi connectivity index (χ4v) is 2.32. The Hall–Kier alpha value is -1.48. The molecule has 0 atom stereocenters. The summed E-state index contributed by atoms with van der Waals surface area (Å²) in [7, 11) is -2.12. The summed E-state index contributed by atoms with van der Waals surface area (Å²) in [6, 6.07) is 6.23. The highest BCUT2D eigenvalue weighted by molar-refractivity contribution is 9.10. The highest BCUT2D eigenvalue weighted by Gasteiger charge is 2.16. The maximum Gasteiger partial charge on any atom is 0.277 e. The minimum atomic E-state index is -3.67. The lowest BCUT2D eigenvalue weighted by Gasteiger charge is -2.03. The number of aryl methyl sites for hydroxylation is 1. The van der Waals surface area contributed by atoms with Crippen LogP contribution in [-0.4, -0.2) is 28.6 Å². The minimum absolute atomic E-state index is 0.0598. The maximum absolute atomic E-state index is 11.9. The van der Waals surface area contributed by atoms with E-state index < -0.39 is 10.0 Å². The Kier molecular flexibility index (Phi) is 3.11. The van der Waals surface area contributed by atoms with Crippen LogP contribution < -0.4 is 4.72 Å². The molecule has 0 fully saturated rings. The summed E-state index contributed by atoms with van der Waals surface area (Å²) in [5.74, 6) is -0.0598. The topological polar surface area (TPSA) is 89.8 Å². The largest absolute Gasteiger partial charge is 0.277 e. The predicted octanol–water partition coefficient (Wildman–Crippen LogP) is 0.773. The van der Waals surface area contributed by atoms with Gasteiger partial charge in [0, 0.05) is 4.47 Å². The Morgan fingerprint density at radius 3 is 2.47 bits per heavy atom. The number of nitrogens with zero attached hydrogens (tertiary/aromatic N) is 4. The first-order chi connectivity index (χ1) is 7.97. The van der Waals surface area contributed by atoms with Gasteiger partial charge in [0.05, 0.1) is 11.9 Å². The monoisotopic (exact) mass is 317 g/mol. The van der Waals surface area contributed by atoms with E-state index in [4.69, 9.17) is 0 Å². The second-order valence-electron chi connectivity index (χ2n) is 3.16. The SMILES string of the molecule is Cn1nnc(NS(=O)(=O)c2ccc(Br)cc2)n1. The molecule has 1 aromatic heterocycles. The van der Waals surface area contributed by atoms with Crippen molar-refractivity contribution in [1.82, 2.24) is 20.2 Å². The van der Waals surface area contributed by atoms with Crippen LogP contribution in [0.1, 0.15) is 0 Å². The van der Waals surface area contributed by atoms with Crippen LogP contribution in [0, 0.1) is 0 Å². The van der Waals surface area contributed by atoms with Crippen molar-refractivity contribution < 1.29 is 8.42 Å². The van der Waals surface area contributed by atoms with Crippen molar-refractivity contribution in [2.24, 2.45) is 7.05 Å². The molecular weight excluding hydrogens is 310 g/mol. The summed E-state index contributed by atoms with van der Waals surface area (Å²) in [4.78, 5) is 1.30. The first-order valence-electron chi connectivity index (χ1n) is 4.50. The van der Waals surface area contributed by atoms with Crippen LogP contribution in [0.15, 0.2) is 33.6 Å². The van der Waals surface area contributed by atoms with Crippen LogP contribution in [0.25, 0.3) is 0 Å². The molecule has 1 aromatic carbocycles. The summed E-state index contributed by atoms with van der Waals surface area (Å²) in [6.07, 6.45) is 0. The summed E-state index contributed by atoms with van der Waals surface area (Å²) in [5.41, 5.74) is 0. The number of hydrogen-bond acceptors (Lipinski definition) is 5. The molecule has 2 aromatic rings. The molecule has 0 radical (unpaired) electrons. The third kappa shape index (κ3) is 2.80. The van der Waals surface area contributed by atoms with Gasteiger partial charge in [0.1, 0.15) is 0 Å². The van der Waals surface area contributed by atoms with Crippen LogP contribution >= 0.6 is 15.9 Å². The Labute approximate surface area is 106 Å². The number of anilines is 1. The van der Waals surface area contributed by atoms with Crippen LogP contribution in [0.3, 0.4) is 0 Å². The Bertz CT molecular complexity index is 622. The molecule has 7 nitrogen and oxygen atoms in total. The van der Waals surface area contributed by atoms with Crippen LogP contribution in [0.5, 0.6) is 0 Å². The van der Waals surface area contributed by atoms with Crippen molar-refractivity contribution in [3.05, 3.63) is 28.7 Å². The van der Waals surface area contributed by atoms with E-state index in [-0.39, 0.29) is 10.8 Å². The zero-order valence-corrected chi connectivity index (χ0v) is 11.1. The molecule has 0 saturated heterocycles. The van der Waals surface area contributed by atoms with Gasteiger partial charge in [-0.2, -0.15) is 4.80 Å². The second-order valence-corrected chi connectivity index (χ2v) is 5.76. The zero-order chi connectivity index (χ0) is 12.5. The predicted molar refractivity (Wildman–Crippen MR) is 63.7 cm³/mol. The van der Waals surface area contributed by atoms with E-state index in [1.165, 1.54) is 16.9 Å². The summed E-state index contributed by atoms with van der Waals surface area (Å²) in [6.45, 7) is 0. The first-order valence-corrected chi connectivity index (χ1v) is 6.77. The second kappa shape index (κ2) is 4.41. The highest BCUT2D eigenvalue weighted by atomic mass is 79.9. The lowest BCUT2D eigenvalue weighted by Crippen LogP contribution is -2.14. The van der Waals surface area contributed by atoms with Crippen molar-refractivity contribution in [1.29, 1.82) is 0 Å². The molecule has 0 aliphatic carbocycles. The van der Waals surface area contributed by atoms with Gasteiger partial charge in [0.25, 0.3) is 16.0 Å². The number of tetrazole rings is 1. The lowest BCUT2D eigenvalue weighted by atomic mass is 10.4. The molecule has 1 N–H and O–H groups in total. The molecule has 0 aliphatic heterocycles. The van der Waals surface area contributed by atoms with E-state index >= 15 is 0 Å². The smallest absolute Gasteiger partial charge is 0.245 e. The van der Waals surface area contributed by atoms with Gasteiger partial charge in [-0.15, -0.1) is 5.10 Å². The minimum Gasteiger partial charge on any atom is -0.245 e. The number of hydrogen-bond donors (Lipinski definition) is 1. The molecule has 2 rings (SSSR count). The lowest BCUT2D eigenvalue weighted by molar-refractivity contribution is 0.600. The van der Waals surface area contributed by atoms with Crippen LogP contribution in [0.4, 0.5) is 5.95 Å². The number of nitrogens with one attached hydrogen (secondary N) is 1. The summed E-state index contributed by atoms with van der Waals surface area (Å²) < 4.78 is 26.8. The van der Waals surface area contributed by atoms with Gasteiger partial charge in [-0.3, -0.25) is 0 Å². The Morgan fingerprint density at radius 1 is 1.29 bits per heavy atom. The van der Waals surface area contributed by atoms with Gasteiger partial charge in [-0.05, 0) is 29.5 Å². The normalized spacial score (nSPS) is 11.4. The van der Waals surface area contributed by atoms with Crippen molar-refractivity contribution in [3.63, 3.8) is 0 Å². The quantitative estimate of drug-likeness (QED) is 0.903. The van der Waals surface area contributed by atoms with Crippen molar-refractivity contribution >= 4 is 31.9 Å². The van der Waals surface area contributed by atoms with Crippen LogP contribution in [0.2, 0.25) is 0 Å². The fourth-order valence-electron chi connectivity index (χ4n) is 1.12. The number of aromatic nitrogens is 4. The zero-order valence-electron chi connectivity index (χ0n) is 8.70. The van der Waals surface area contributed by atoms with E-state index in [0.29, 0.717) is 0 Å². The van der Waals surface area contributed by atoms with E-state index in [1.807, 2.05) is 0 Å². The first kappa shape index (κ1) is 12.0. The molecule has 0 spiro atoms. The Balaban J connectivity index is 2.28. The molecule has 0 bridgehead atoms. The molecule has 0 amide bonds. The molecule has 0 aliphatic rings. The molecule has 1 heterocycles. The molecule has 90 valence electrons. The fraction of sp³-hybridized carbons (Fsp3) is 0.125. The average molecular weight is 318 g/mol. The molecule has 0 saturated carbocycles. The van der Waals surface area contributed by atoms with Crippen molar-refractivity contribution in [2.75, 3.05) is 4.72 Å². The third-order valence-corrected chi connectivity index (χ3v) is 3.73. The van der Waals surface area contributed by atoms with Crippen molar-refractivity contribution in [3.8, 4) is 0 Å². The number of benzene rings is 1. The third-order valence-electron chi connectivity index (χ3n) is 1.86. The number of rotatable bonds is 3. The average Bonchev–Trinajstić information content (AvgIpc) is 2.63. The van der Waals surface area contributed by atoms with E-state index in [1.54, 1.807) is 19.2 Å². The molecule has 17 heavy (non-hydrogen) atoms. The van der Waals surface area contributed by atoms with Crippen LogP contribution in [-0.2, 0) is 17.1 Å². The molecular formula is C8H8BrN5O2S. The van der Waals surface area contributed by atoms with E-state index in [2.05, 4.69) is 36.1 Å². The summed E-state index contributed by atoms with van der Waals surface area (Å²) >= 11 is 3.23. The van der Waals surface area contributed by atoms with Crippen molar-refractivity contribution in [2.45, 2.75) is 4.90 Å². The summed E-state index contributed by atoms with van der Waals surface area (Å²) in [5, 5.41) is 10.8. The van der Waals surface area contributed by atoms with E-state index in [9.17, 15) is 8.42 Å². The molecule has 9 heteroatoms. The maximum atomic E-state index is 11.9. The Morgan fingerprint density at radius 2 is 1.94 bits per heavy atom. The van der Waals surface area contributed by atoms with Gasteiger partial charge in [-0.25, -0.2) is 13.1 Å².